The molecular weight excluding hydrogens is 448 g/mol. The summed E-state index contributed by atoms with van der Waals surface area (Å²) in [4.78, 5) is 42.4. The summed E-state index contributed by atoms with van der Waals surface area (Å²) in [7, 11) is 0. The zero-order valence-corrected chi connectivity index (χ0v) is 20.3. The predicted octanol–water partition coefficient (Wildman–Crippen LogP) is 5.95. The summed E-state index contributed by atoms with van der Waals surface area (Å²) < 4.78 is 6.71. The second-order valence-electron chi connectivity index (χ2n) is 8.97. The van der Waals surface area contributed by atoms with Crippen LogP contribution in [-0.4, -0.2) is 29.3 Å². The van der Waals surface area contributed by atoms with E-state index in [9.17, 15) is 14.4 Å². The normalized spacial score (nSPS) is 15.1. The minimum atomic E-state index is -0.625. The van der Waals surface area contributed by atoms with E-state index in [1.807, 2.05) is 31.2 Å². The van der Waals surface area contributed by atoms with Gasteiger partial charge in [0.1, 0.15) is 0 Å². The fourth-order valence-corrected chi connectivity index (χ4v) is 5.64. The van der Waals surface area contributed by atoms with E-state index < -0.39 is 5.41 Å². The van der Waals surface area contributed by atoms with Gasteiger partial charge in [-0.05, 0) is 55.7 Å². The van der Waals surface area contributed by atoms with Crippen LogP contribution >= 0.6 is 11.3 Å². The molecular formula is C27H30N2O4S. The predicted molar refractivity (Wildman–Crippen MR) is 134 cm³/mol. The monoisotopic (exact) mass is 478 g/mol. The minimum Gasteiger partial charge on any atom is -0.457 e. The molecule has 1 N–H and O–H groups in total. The summed E-state index contributed by atoms with van der Waals surface area (Å²) >= 11 is 1.62. The molecule has 0 aliphatic heterocycles. The molecule has 0 radical (unpaired) electrons. The first kappa shape index (κ1) is 24.1. The highest BCUT2D eigenvalue weighted by molar-refractivity contribution is 7.18. The fraction of sp³-hybridized carbons (Fsp3) is 0.407. The third-order valence-electron chi connectivity index (χ3n) is 6.37. The molecule has 6 nitrogen and oxygen atoms in total. The van der Waals surface area contributed by atoms with Gasteiger partial charge in [0.25, 0.3) is 0 Å². The summed E-state index contributed by atoms with van der Waals surface area (Å²) in [6.45, 7) is 1.65. The Balaban J connectivity index is 1.39. The Morgan fingerprint density at radius 3 is 2.47 bits per heavy atom. The first-order valence-electron chi connectivity index (χ1n) is 11.9. The first-order valence-corrected chi connectivity index (χ1v) is 12.8. The molecule has 0 unspecified atom stereocenters. The maximum atomic E-state index is 13.3. The molecule has 1 fully saturated rings. The van der Waals surface area contributed by atoms with Crippen LogP contribution in [0.3, 0.4) is 0 Å². The number of esters is 1. The van der Waals surface area contributed by atoms with Gasteiger partial charge in [-0.2, -0.15) is 0 Å². The number of para-hydroxylation sites is 1. The van der Waals surface area contributed by atoms with E-state index in [1.165, 1.54) is 0 Å². The van der Waals surface area contributed by atoms with Gasteiger partial charge < -0.3 is 10.1 Å². The maximum absolute atomic E-state index is 13.3. The van der Waals surface area contributed by atoms with Crippen molar-refractivity contribution >= 4 is 44.9 Å². The molecule has 0 spiro atoms. The number of nitrogens with zero attached hydrogens (tertiary/aromatic N) is 1. The average molecular weight is 479 g/mol. The fourth-order valence-electron chi connectivity index (χ4n) is 4.52. The molecule has 1 aromatic heterocycles. The molecule has 0 atom stereocenters. The Morgan fingerprint density at radius 2 is 1.76 bits per heavy atom. The van der Waals surface area contributed by atoms with Crippen molar-refractivity contribution in [2.75, 3.05) is 11.9 Å². The number of amides is 1. The van der Waals surface area contributed by atoms with E-state index in [0.29, 0.717) is 24.1 Å². The maximum Gasteiger partial charge on any atom is 0.312 e. The van der Waals surface area contributed by atoms with Crippen molar-refractivity contribution in [2.24, 2.45) is 5.41 Å². The molecule has 4 rings (SSSR count). The molecule has 0 bridgehead atoms. The average Bonchev–Trinajstić information content (AvgIpc) is 3.25. The van der Waals surface area contributed by atoms with Crippen LogP contribution in [0.15, 0.2) is 48.5 Å². The molecule has 1 aliphatic rings. The summed E-state index contributed by atoms with van der Waals surface area (Å²) in [6, 6.07) is 14.7. The standard InChI is InChI=1S/C27H30N2O4S/c1-2-8-24(31)28-20-13-11-19(12-14-20)22(30)18-33-26(32)27(15-6-3-7-16-27)17-25-29-21-9-4-5-10-23(21)34-25/h4-5,9-14H,2-3,6-8,15-18H2,1H3,(H,28,31). The number of rotatable bonds is 9. The van der Waals surface area contributed by atoms with Crippen molar-refractivity contribution in [3.8, 4) is 0 Å². The van der Waals surface area contributed by atoms with Crippen molar-refractivity contribution in [3.63, 3.8) is 0 Å². The lowest BCUT2D eigenvalue weighted by Crippen LogP contribution is -2.38. The number of nitrogens with one attached hydrogen (secondary N) is 1. The van der Waals surface area contributed by atoms with E-state index in [2.05, 4.69) is 5.32 Å². The number of aromatic nitrogens is 1. The van der Waals surface area contributed by atoms with Gasteiger partial charge in [-0.15, -0.1) is 11.3 Å². The van der Waals surface area contributed by atoms with E-state index in [-0.39, 0.29) is 24.3 Å². The zero-order valence-electron chi connectivity index (χ0n) is 19.5. The zero-order chi connectivity index (χ0) is 24.0. The van der Waals surface area contributed by atoms with Gasteiger partial charge >= 0.3 is 5.97 Å². The number of anilines is 1. The summed E-state index contributed by atoms with van der Waals surface area (Å²) in [5.74, 6) is -0.615. The second kappa shape index (κ2) is 10.9. The molecule has 1 saturated carbocycles. The molecule has 178 valence electrons. The van der Waals surface area contributed by atoms with Gasteiger partial charge in [0.15, 0.2) is 12.4 Å². The molecule has 1 amide bonds. The topological polar surface area (TPSA) is 85.4 Å². The van der Waals surface area contributed by atoms with Crippen LogP contribution in [-0.2, 0) is 20.7 Å². The largest absolute Gasteiger partial charge is 0.457 e. The van der Waals surface area contributed by atoms with Crippen LogP contribution in [0, 0.1) is 5.41 Å². The Bertz CT molecular complexity index is 1130. The SMILES string of the molecule is CCCC(=O)Nc1ccc(C(=O)COC(=O)C2(Cc3nc4ccccc4s3)CCCCC2)cc1. The van der Waals surface area contributed by atoms with Crippen molar-refractivity contribution in [1.29, 1.82) is 0 Å². The number of fused-ring (bicyclic) bond motifs is 1. The molecule has 34 heavy (non-hydrogen) atoms. The van der Waals surface area contributed by atoms with Gasteiger partial charge in [-0.3, -0.25) is 14.4 Å². The van der Waals surface area contributed by atoms with Gasteiger partial charge in [0.2, 0.25) is 5.91 Å². The van der Waals surface area contributed by atoms with Crippen molar-refractivity contribution in [1.82, 2.24) is 4.98 Å². The first-order chi connectivity index (χ1) is 16.5. The van der Waals surface area contributed by atoms with Gasteiger partial charge in [-0.25, -0.2) is 4.98 Å². The number of benzene rings is 2. The number of hydrogen-bond acceptors (Lipinski definition) is 6. The van der Waals surface area contributed by atoms with Crippen LogP contribution in [0.5, 0.6) is 0 Å². The molecule has 2 aromatic carbocycles. The Hall–Kier alpha value is -3.06. The Kier molecular flexibility index (Phi) is 7.73. The van der Waals surface area contributed by atoms with E-state index >= 15 is 0 Å². The minimum absolute atomic E-state index is 0.0542. The third-order valence-corrected chi connectivity index (χ3v) is 7.41. The smallest absolute Gasteiger partial charge is 0.312 e. The molecule has 3 aromatic rings. The van der Waals surface area contributed by atoms with Crippen molar-refractivity contribution < 1.29 is 19.1 Å². The van der Waals surface area contributed by atoms with Crippen LogP contribution in [0.25, 0.3) is 10.2 Å². The van der Waals surface area contributed by atoms with Crippen LogP contribution in [0.4, 0.5) is 5.69 Å². The number of thiazole rings is 1. The lowest BCUT2D eigenvalue weighted by Gasteiger charge is -2.34. The van der Waals surface area contributed by atoms with E-state index in [4.69, 9.17) is 9.72 Å². The number of hydrogen-bond donors (Lipinski definition) is 1. The Labute approximate surface area is 203 Å². The third kappa shape index (κ3) is 5.70. The molecule has 7 heteroatoms. The highest BCUT2D eigenvalue weighted by Crippen LogP contribution is 2.41. The van der Waals surface area contributed by atoms with Crippen molar-refractivity contribution in [2.45, 2.75) is 58.3 Å². The van der Waals surface area contributed by atoms with Gasteiger partial charge in [0.05, 0.1) is 20.6 Å². The summed E-state index contributed by atoms with van der Waals surface area (Å²) in [5, 5.41) is 3.74. The Morgan fingerprint density at radius 1 is 1.03 bits per heavy atom. The molecule has 1 heterocycles. The van der Waals surface area contributed by atoms with Crippen LogP contribution < -0.4 is 5.32 Å². The van der Waals surface area contributed by atoms with E-state index in [1.54, 1.807) is 35.6 Å². The number of Topliss-reactive ketones (excluding diaryl/α,β-unsaturated/α-hetero) is 1. The molecule has 1 aliphatic carbocycles. The molecule has 0 saturated heterocycles. The lowest BCUT2D eigenvalue weighted by molar-refractivity contribution is -0.157. The number of ether oxygens (including phenoxy) is 1. The lowest BCUT2D eigenvalue weighted by atomic mass is 9.72. The highest BCUT2D eigenvalue weighted by Gasteiger charge is 2.42. The van der Waals surface area contributed by atoms with Crippen molar-refractivity contribution in [3.05, 3.63) is 59.1 Å². The number of ketones is 1. The van der Waals surface area contributed by atoms with Crippen LogP contribution in [0.1, 0.15) is 67.2 Å². The highest BCUT2D eigenvalue weighted by atomic mass is 32.1. The summed E-state index contributed by atoms with van der Waals surface area (Å²) in [5.41, 5.74) is 1.42. The number of carbonyl (C=O) groups is 3. The van der Waals surface area contributed by atoms with E-state index in [0.717, 1.165) is 53.7 Å². The summed E-state index contributed by atoms with van der Waals surface area (Å²) in [6.07, 6.45) is 6.33. The second-order valence-corrected chi connectivity index (χ2v) is 10.1. The number of carbonyl (C=O) groups excluding carboxylic acids is 3. The quantitative estimate of drug-likeness (QED) is 0.303. The van der Waals surface area contributed by atoms with Gasteiger partial charge in [0, 0.05) is 24.1 Å². The van der Waals surface area contributed by atoms with Crippen LogP contribution in [0.2, 0.25) is 0 Å². The van der Waals surface area contributed by atoms with Gasteiger partial charge in [-0.1, -0.05) is 38.3 Å².